The largest absolute Gasteiger partial charge is 0.409 e. The van der Waals surface area contributed by atoms with Gasteiger partial charge in [0.25, 0.3) is 0 Å². The Labute approximate surface area is 122 Å². The van der Waals surface area contributed by atoms with Crippen LogP contribution in [-0.2, 0) is 0 Å². The summed E-state index contributed by atoms with van der Waals surface area (Å²) in [4.78, 5) is 0. The van der Waals surface area contributed by atoms with Gasteiger partial charge in [0.1, 0.15) is 5.84 Å². The number of oxime groups is 1. The lowest BCUT2D eigenvalue weighted by Crippen LogP contribution is -2.31. The number of amidine groups is 1. The Balaban J connectivity index is 1.88. The highest BCUT2D eigenvalue weighted by atomic mass is 32.2. The zero-order valence-corrected chi connectivity index (χ0v) is 12.5. The molecule has 3 N–H and O–H groups in total. The van der Waals surface area contributed by atoms with Gasteiger partial charge in [0, 0.05) is 17.4 Å². The molecule has 0 atom stereocenters. The van der Waals surface area contributed by atoms with E-state index < -0.39 is 0 Å². The highest BCUT2D eigenvalue weighted by Crippen LogP contribution is 2.25. The summed E-state index contributed by atoms with van der Waals surface area (Å²) >= 11 is 1.66. The SMILES string of the molecule is CC(C)(CCCSc1nnc2ccccn12)C(N)=NO. The second-order valence-electron chi connectivity index (χ2n) is 5.23. The summed E-state index contributed by atoms with van der Waals surface area (Å²) in [6.45, 7) is 3.94. The van der Waals surface area contributed by atoms with Gasteiger partial charge < -0.3 is 10.9 Å². The van der Waals surface area contributed by atoms with Crippen LogP contribution in [-0.4, -0.2) is 31.4 Å². The first kappa shape index (κ1) is 14.6. The van der Waals surface area contributed by atoms with E-state index in [0.717, 1.165) is 29.4 Å². The van der Waals surface area contributed by atoms with E-state index in [4.69, 9.17) is 10.9 Å². The Bertz CT molecular complexity index is 608. The number of aromatic nitrogens is 3. The first-order valence-corrected chi connectivity index (χ1v) is 7.44. The molecule has 0 aromatic carbocycles. The second-order valence-corrected chi connectivity index (χ2v) is 6.29. The molecule has 0 aliphatic heterocycles. The van der Waals surface area contributed by atoms with E-state index >= 15 is 0 Å². The molecule has 0 amide bonds. The van der Waals surface area contributed by atoms with Gasteiger partial charge in [0.05, 0.1) is 0 Å². The van der Waals surface area contributed by atoms with Gasteiger partial charge in [-0.3, -0.25) is 4.40 Å². The van der Waals surface area contributed by atoms with Crippen LogP contribution in [0.4, 0.5) is 0 Å². The van der Waals surface area contributed by atoms with Crippen LogP contribution < -0.4 is 5.73 Å². The van der Waals surface area contributed by atoms with E-state index in [1.165, 1.54) is 0 Å². The molecule has 0 bridgehead atoms. The molecule has 0 aliphatic rings. The van der Waals surface area contributed by atoms with Crippen LogP contribution in [0.25, 0.3) is 5.65 Å². The molecule has 2 rings (SSSR count). The number of rotatable bonds is 6. The fourth-order valence-electron chi connectivity index (χ4n) is 1.86. The standard InChI is InChI=1S/C13H19N5OS/c1-13(2,11(14)17-19)7-5-9-20-12-16-15-10-6-3-4-8-18(10)12/h3-4,6,8,19H,5,7,9H2,1-2H3,(H2,14,17). The fourth-order valence-corrected chi connectivity index (χ4v) is 2.72. The molecule has 20 heavy (non-hydrogen) atoms. The smallest absolute Gasteiger partial charge is 0.195 e. The zero-order chi connectivity index (χ0) is 14.6. The summed E-state index contributed by atoms with van der Waals surface area (Å²) in [5, 5.41) is 21.0. The lowest BCUT2D eigenvalue weighted by Gasteiger charge is -2.22. The normalized spacial score (nSPS) is 13.0. The van der Waals surface area contributed by atoms with E-state index in [2.05, 4.69) is 15.4 Å². The molecule has 0 aliphatic carbocycles. The highest BCUT2D eigenvalue weighted by Gasteiger charge is 2.22. The molecule has 2 aromatic heterocycles. The number of nitrogens with zero attached hydrogens (tertiary/aromatic N) is 4. The molecular formula is C13H19N5OS. The lowest BCUT2D eigenvalue weighted by molar-refractivity contribution is 0.305. The van der Waals surface area contributed by atoms with Crippen LogP contribution in [0, 0.1) is 5.41 Å². The maximum Gasteiger partial charge on any atom is 0.195 e. The lowest BCUT2D eigenvalue weighted by atomic mass is 9.87. The second kappa shape index (κ2) is 6.13. The maximum atomic E-state index is 8.73. The first-order valence-electron chi connectivity index (χ1n) is 6.45. The van der Waals surface area contributed by atoms with Crippen LogP contribution in [0.3, 0.4) is 0 Å². The molecule has 2 heterocycles. The highest BCUT2D eigenvalue weighted by molar-refractivity contribution is 7.99. The molecule has 108 valence electrons. The molecule has 6 nitrogen and oxygen atoms in total. The minimum atomic E-state index is -0.289. The van der Waals surface area contributed by atoms with Gasteiger partial charge in [-0.05, 0) is 25.0 Å². The Kier molecular flexibility index (Phi) is 4.49. The monoisotopic (exact) mass is 293 g/mol. The van der Waals surface area contributed by atoms with Crippen molar-refractivity contribution in [3.63, 3.8) is 0 Å². The molecule has 0 saturated carbocycles. The summed E-state index contributed by atoms with van der Waals surface area (Å²) < 4.78 is 1.97. The summed E-state index contributed by atoms with van der Waals surface area (Å²) in [7, 11) is 0. The molecular weight excluding hydrogens is 274 g/mol. The van der Waals surface area contributed by atoms with Gasteiger partial charge >= 0.3 is 0 Å². The molecule has 0 saturated heterocycles. The zero-order valence-electron chi connectivity index (χ0n) is 11.7. The molecule has 0 radical (unpaired) electrons. The number of fused-ring (bicyclic) bond motifs is 1. The number of hydrogen-bond donors (Lipinski definition) is 2. The summed E-state index contributed by atoms with van der Waals surface area (Å²) in [6, 6.07) is 5.83. The van der Waals surface area contributed by atoms with Crippen molar-refractivity contribution < 1.29 is 5.21 Å². The minimum Gasteiger partial charge on any atom is -0.409 e. The Morgan fingerprint density at radius 2 is 2.25 bits per heavy atom. The van der Waals surface area contributed by atoms with E-state index in [0.29, 0.717) is 0 Å². The van der Waals surface area contributed by atoms with Crippen LogP contribution in [0.15, 0.2) is 34.7 Å². The Morgan fingerprint density at radius 3 is 3.00 bits per heavy atom. The quantitative estimate of drug-likeness (QED) is 0.213. The van der Waals surface area contributed by atoms with Crippen molar-refractivity contribution in [2.75, 3.05) is 5.75 Å². The van der Waals surface area contributed by atoms with Crippen molar-refractivity contribution in [1.29, 1.82) is 0 Å². The first-order chi connectivity index (χ1) is 9.54. The van der Waals surface area contributed by atoms with Crippen LogP contribution >= 0.6 is 11.8 Å². The van der Waals surface area contributed by atoms with Crippen molar-refractivity contribution >= 4 is 23.2 Å². The van der Waals surface area contributed by atoms with Crippen molar-refractivity contribution in [3.8, 4) is 0 Å². The Morgan fingerprint density at radius 1 is 1.45 bits per heavy atom. The third kappa shape index (κ3) is 3.22. The van der Waals surface area contributed by atoms with Gasteiger partial charge in [-0.15, -0.1) is 10.2 Å². The van der Waals surface area contributed by atoms with Gasteiger partial charge in [-0.1, -0.05) is 36.8 Å². The third-order valence-electron chi connectivity index (χ3n) is 3.26. The number of pyridine rings is 1. The molecule has 0 unspecified atom stereocenters. The average molecular weight is 293 g/mol. The van der Waals surface area contributed by atoms with Crippen LogP contribution in [0.1, 0.15) is 26.7 Å². The number of thioether (sulfide) groups is 1. The van der Waals surface area contributed by atoms with Crippen molar-refractivity contribution in [1.82, 2.24) is 14.6 Å². The summed E-state index contributed by atoms with van der Waals surface area (Å²) in [5.41, 5.74) is 6.23. The van der Waals surface area contributed by atoms with E-state index in [1.807, 2.05) is 42.6 Å². The van der Waals surface area contributed by atoms with E-state index in [9.17, 15) is 0 Å². The topological polar surface area (TPSA) is 88.8 Å². The van der Waals surface area contributed by atoms with Gasteiger partial charge in [0.2, 0.25) is 0 Å². The minimum absolute atomic E-state index is 0.274. The number of hydrogen-bond acceptors (Lipinski definition) is 5. The molecule has 7 heteroatoms. The van der Waals surface area contributed by atoms with E-state index in [-0.39, 0.29) is 11.3 Å². The van der Waals surface area contributed by atoms with Crippen molar-refractivity contribution in [3.05, 3.63) is 24.4 Å². The molecule has 0 fully saturated rings. The van der Waals surface area contributed by atoms with Crippen molar-refractivity contribution in [2.24, 2.45) is 16.3 Å². The summed E-state index contributed by atoms with van der Waals surface area (Å²) in [6.07, 6.45) is 3.76. The van der Waals surface area contributed by atoms with Crippen LogP contribution in [0.5, 0.6) is 0 Å². The van der Waals surface area contributed by atoms with Gasteiger partial charge in [-0.2, -0.15) is 0 Å². The van der Waals surface area contributed by atoms with Gasteiger partial charge in [0.15, 0.2) is 10.8 Å². The van der Waals surface area contributed by atoms with Gasteiger partial charge in [-0.25, -0.2) is 0 Å². The molecule has 2 aromatic rings. The van der Waals surface area contributed by atoms with E-state index in [1.54, 1.807) is 11.8 Å². The Hall–Kier alpha value is -1.76. The van der Waals surface area contributed by atoms with Crippen molar-refractivity contribution in [2.45, 2.75) is 31.8 Å². The van der Waals surface area contributed by atoms with Crippen LogP contribution in [0.2, 0.25) is 0 Å². The maximum absolute atomic E-state index is 8.73. The average Bonchev–Trinajstić information content (AvgIpc) is 2.86. The fraction of sp³-hybridized carbons (Fsp3) is 0.462. The summed E-state index contributed by atoms with van der Waals surface area (Å²) in [5.74, 6) is 1.19. The number of nitrogens with two attached hydrogens (primary N) is 1. The third-order valence-corrected chi connectivity index (χ3v) is 4.29. The predicted molar refractivity (Wildman–Crippen MR) is 80.1 cm³/mol. The molecule has 0 spiro atoms. The predicted octanol–water partition coefficient (Wildman–Crippen LogP) is 2.37.